The molecule has 314 valence electrons. The molecule has 3 heterocycles. The molecule has 0 aromatic rings. The number of hydrogen-bond donors (Lipinski definition) is 2. The number of nitrogens with zero attached hydrogens (tertiary/aromatic N) is 3. The van der Waals surface area contributed by atoms with Crippen molar-refractivity contribution in [2.24, 2.45) is 56.9 Å². The molecule has 0 aromatic heterocycles. The Balaban J connectivity index is 1.45. The molecule has 2 N–H and O–H groups in total. The number of azide groups is 1. The van der Waals surface area contributed by atoms with Gasteiger partial charge in [-0.25, -0.2) is 4.79 Å². The van der Waals surface area contributed by atoms with Crippen LogP contribution in [0.2, 0.25) is 0 Å². The molecular formula is C39H53N3O15. The Morgan fingerprint density at radius 1 is 0.877 bits per heavy atom. The zero-order chi connectivity index (χ0) is 41.9. The molecule has 0 radical (unpaired) electrons. The van der Waals surface area contributed by atoms with E-state index < -0.39 is 148 Å². The van der Waals surface area contributed by atoms with Gasteiger partial charge in [0.2, 0.25) is 5.79 Å². The maximum Gasteiger partial charge on any atom is 0.341 e. The Bertz CT molecular complexity index is 1820. The van der Waals surface area contributed by atoms with E-state index in [1.54, 1.807) is 27.7 Å². The number of ketones is 1. The number of carbonyl (C=O) groups excluding carboxylic acids is 6. The van der Waals surface area contributed by atoms with E-state index in [9.17, 15) is 34.2 Å². The molecule has 7 rings (SSSR count). The van der Waals surface area contributed by atoms with Gasteiger partial charge in [-0.05, 0) is 45.6 Å². The van der Waals surface area contributed by atoms with Gasteiger partial charge in [-0.2, -0.15) is 0 Å². The maximum atomic E-state index is 15.6. The van der Waals surface area contributed by atoms with E-state index in [4.69, 9.17) is 38.7 Å². The fourth-order valence-corrected chi connectivity index (χ4v) is 13.1. The minimum Gasteiger partial charge on any atom is -0.459 e. The molecule has 18 nitrogen and oxygen atoms in total. The second-order valence-electron chi connectivity index (χ2n) is 18.1. The van der Waals surface area contributed by atoms with Crippen LogP contribution < -0.4 is 0 Å². The number of carbonyl (C=O) groups is 6. The van der Waals surface area contributed by atoms with Crippen molar-refractivity contribution < 1.29 is 72.1 Å². The van der Waals surface area contributed by atoms with Crippen LogP contribution in [-0.2, 0) is 61.9 Å². The largest absolute Gasteiger partial charge is 0.459 e. The van der Waals surface area contributed by atoms with Gasteiger partial charge in [0.1, 0.15) is 24.4 Å². The molecule has 4 saturated carbocycles. The predicted octanol–water partition coefficient (Wildman–Crippen LogP) is 2.47. The van der Waals surface area contributed by atoms with Crippen molar-refractivity contribution in [3.05, 3.63) is 10.4 Å². The molecule has 1 unspecified atom stereocenters. The summed E-state index contributed by atoms with van der Waals surface area (Å²) in [6, 6.07) is 0. The van der Waals surface area contributed by atoms with E-state index in [-0.39, 0.29) is 19.4 Å². The van der Waals surface area contributed by atoms with Crippen molar-refractivity contribution in [1.82, 2.24) is 0 Å². The maximum absolute atomic E-state index is 15.6. The number of ether oxygens (including phenoxy) is 7. The topological polar surface area (TPSA) is 260 Å². The van der Waals surface area contributed by atoms with Gasteiger partial charge in [0, 0.05) is 91.9 Å². The second kappa shape index (κ2) is 13.6. The number of esters is 5. The summed E-state index contributed by atoms with van der Waals surface area (Å²) in [6.45, 7) is 13.3. The normalized spacial score (nSPS) is 49.9. The number of aliphatic hydroxyl groups is 2. The molecule has 3 saturated heterocycles. The van der Waals surface area contributed by atoms with Crippen LogP contribution in [0.3, 0.4) is 0 Å². The first-order chi connectivity index (χ1) is 26.5. The Labute approximate surface area is 329 Å². The summed E-state index contributed by atoms with van der Waals surface area (Å²) in [5.74, 6) is -12.6. The summed E-state index contributed by atoms with van der Waals surface area (Å²) in [4.78, 5) is 84.7. The number of Topliss-reactive ketones (excluding diaryl/α,β-unsaturated/α-hetero) is 1. The quantitative estimate of drug-likeness (QED) is 0.0645. The molecule has 4 aliphatic carbocycles. The summed E-state index contributed by atoms with van der Waals surface area (Å²) in [5.41, 5.74) is 1.91. The first-order valence-corrected chi connectivity index (χ1v) is 19.8. The van der Waals surface area contributed by atoms with Crippen LogP contribution >= 0.6 is 0 Å². The van der Waals surface area contributed by atoms with Crippen LogP contribution in [0.1, 0.15) is 88.0 Å². The van der Waals surface area contributed by atoms with E-state index in [2.05, 4.69) is 10.0 Å². The van der Waals surface area contributed by atoms with Gasteiger partial charge in [-0.3, -0.25) is 24.0 Å². The smallest absolute Gasteiger partial charge is 0.341 e. The number of epoxide rings is 1. The zero-order valence-electron chi connectivity index (χ0n) is 33.7. The number of hydrogen-bond acceptors (Lipinski definition) is 16. The Hall–Kier alpha value is -3.83. The summed E-state index contributed by atoms with van der Waals surface area (Å²) in [7, 11) is 0. The third-order valence-corrected chi connectivity index (χ3v) is 15.4. The van der Waals surface area contributed by atoms with Crippen LogP contribution in [0.4, 0.5) is 0 Å². The van der Waals surface area contributed by atoms with Gasteiger partial charge in [0.25, 0.3) is 0 Å². The van der Waals surface area contributed by atoms with Gasteiger partial charge >= 0.3 is 29.8 Å². The van der Waals surface area contributed by atoms with Gasteiger partial charge in [-0.15, -0.1) is 0 Å². The van der Waals surface area contributed by atoms with Crippen molar-refractivity contribution in [1.29, 1.82) is 0 Å². The third kappa shape index (κ3) is 5.60. The lowest BCUT2D eigenvalue weighted by atomic mass is 9.41. The van der Waals surface area contributed by atoms with Crippen molar-refractivity contribution in [2.45, 2.75) is 148 Å². The molecular weight excluding hydrogens is 750 g/mol. The highest BCUT2D eigenvalue weighted by molar-refractivity contribution is 5.91. The van der Waals surface area contributed by atoms with Crippen molar-refractivity contribution in [3.8, 4) is 0 Å². The van der Waals surface area contributed by atoms with Crippen LogP contribution in [0.5, 0.6) is 0 Å². The average molecular weight is 804 g/mol. The lowest BCUT2D eigenvalue weighted by molar-refractivity contribution is -0.340. The summed E-state index contributed by atoms with van der Waals surface area (Å²) in [5, 5.41) is 28.5. The fraction of sp³-hybridized carbons (Fsp3) is 0.846. The van der Waals surface area contributed by atoms with E-state index in [0.29, 0.717) is 12.8 Å². The average Bonchev–Trinajstić information content (AvgIpc) is 3.80. The highest BCUT2D eigenvalue weighted by atomic mass is 16.7. The summed E-state index contributed by atoms with van der Waals surface area (Å²) >= 11 is 0. The molecule has 18 heteroatoms. The van der Waals surface area contributed by atoms with Gasteiger partial charge in [0.05, 0.1) is 23.7 Å². The molecule has 0 spiro atoms. The van der Waals surface area contributed by atoms with Crippen molar-refractivity contribution in [2.75, 3.05) is 6.54 Å². The molecule has 0 aromatic carbocycles. The molecule has 57 heavy (non-hydrogen) atoms. The Morgan fingerprint density at radius 3 is 2.12 bits per heavy atom. The molecule has 0 bridgehead atoms. The molecule has 7 fully saturated rings. The van der Waals surface area contributed by atoms with E-state index in [0.717, 1.165) is 0 Å². The predicted molar refractivity (Wildman–Crippen MR) is 190 cm³/mol. The molecule has 7 aliphatic rings. The minimum atomic E-state index is -2.21. The Kier molecular flexibility index (Phi) is 9.87. The highest BCUT2D eigenvalue weighted by Gasteiger charge is 2.86. The Morgan fingerprint density at radius 2 is 1.51 bits per heavy atom. The number of aliphatic hydroxyl groups excluding tert-OH is 1. The SMILES string of the molecule is CC(=O)O[C@H]1[C@H]2[C@@H](C(=O)C(OC(=O)CCCCN=[N+]=[N-])[C@H]3C[C@@H]4O[C@@H]4[C@H](OC(C)=O)[C@]23C)[C@@H]2[C@@H](O)[C@@H]3[C@H]([C@H](C)O[C@@]4(C)OC(=O)[C@@](C)(O)[C@]34C)[C@@]2(C)[C@H]1OC(C)=O. The van der Waals surface area contributed by atoms with Crippen LogP contribution in [-0.4, -0.2) is 113 Å². The lowest BCUT2D eigenvalue weighted by Gasteiger charge is -2.65. The van der Waals surface area contributed by atoms with Crippen LogP contribution in [0, 0.1) is 51.8 Å². The fourth-order valence-electron chi connectivity index (χ4n) is 13.1. The summed E-state index contributed by atoms with van der Waals surface area (Å²) < 4.78 is 43.0. The first kappa shape index (κ1) is 41.3. The van der Waals surface area contributed by atoms with Crippen LogP contribution in [0.25, 0.3) is 10.4 Å². The summed E-state index contributed by atoms with van der Waals surface area (Å²) in [6.07, 6.45) is -7.93. The number of rotatable bonds is 9. The van der Waals surface area contributed by atoms with Gasteiger partial charge < -0.3 is 43.4 Å². The standard InChI is InChI=1S/C39H53N3O15/c1-15-23-26(37(7)38(8,50)34(49)57-39(37,9)56-15)28(48)24-22-25(31(51-16(2)43)33(36(23,24)6)53-18(4)45)35(5)19(14-20-30(54-20)32(35)52-17(3)44)29(27(22)47)55-21(46)12-10-11-13-41-42-40/h15,19-20,22-26,28-33,48,50H,10-14H2,1-9H3/t15-,19+,20-,22-,23-,24+,25+,26-,28+,29?,30-,31-,32-,33-,35-,36+,37-,38+,39-/m0/s1. The highest BCUT2D eigenvalue weighted by Crippen LogP contribution is 2.76. The molecule has 3 aliphatic heterocycles. The van der Waals surface area contributed by atoms with Crippen molar-refractivity contribution in [3.63, 3.8) is 0 Å². The van der Waals surface area contributed by atoms with E-state index >= 15 is 4.79 Å². The van der Waals surface area contributed by atoms with Crippen LogP contribution in [0.15, 0.2) is 5.11 Å². The minimum absolute atomic E-state index is 0.106. The number of fused-ring (bicyclic) bond motifs is 10. The van der Waals surface area contributed by atoms with Crippen molar-refractivity contribution >= 4 is 35.6 Å². The monoisotopic (exact) mass is 803 g/mol. The molecule has 0 amide bonds. The van der Waals surface area contributed by atoms with Gasteiger partial charge in [-0.1, -0.05) is 19.0 Å². The third-order valence-electron chi connectivity index (χ3n) is 15.4. The van der Waals surface area contributed by atoms with E-state index in [1.807, 2.05) is 0 Å². The van der Waals surface area contributed by atoms with Gasteiger partial charge in [0.15, 0.2) is 17.5 Å². The van der Waals surface area contributed by atoms with E-state index in [1.165, 1.54) is 34.6 Å². The zero-order valence-corrected chi connectivity index (χ0v) is 33.7. The number of unbranched alkanes of at least 4 members (excludes halogenated alkanes) is 1. The first-order valence-electron chi connectivity index (χ1n) is 19.8. The second-order valence-corrected chi connectivity index (χ2v) is 18.1. The molecule has 19 atom stereocenters. The lowest BCUT2D eigenvalue weighted by Crippen LogP contribution is -2.75.